The number of hydrogen-bond acceptors (Lipinski definition) is 1. The van der Waals surface area contributed by atoms with E-state index >= 15 is 0 Å². The number of halogens is 3. The molecule has 1 fully saturated rings. The lowest BCUT2D eigenvalue weighted by molar-refractivity contribution is -0.137. The number of anilines is 1. The Bertz CT molecular complexity index is 467. The standard InChI is InChI=1S/C16H22F3N/c1-10-4-5-11(2)14(8-10)20-15-9-13(16(17,18)19)7-6-12(15)3/h6-7,9-11,14,20H,4-5,8H2,1-3H3. The molecule has 0 aromatic heterocycles. The van der Waals surface area contributed by atoms with Crippen LogP contribution in [0.15, 0.2) is 18.2 Å². The summed E-state index contributed by atoms with van der Waals surface area (Å²) in [6.07, 6.45) is -0.912. The summed E-state index contributed by atoms with van der Waals surface area (Å²) in [5.41, 5.74) is 0.899. The fourth-order valence-electron chi connectivity index (χ4n) is 2.89. The van der Waals surface area contributed by atoms with Crippen molar-refractivity contribution >= 4 is 5.69 Å². The van der Waals surface area contributed by atoms with Gasteiger partial charge in [0.1, 0.15) is 0 Å². The lowest BCUT2D eigenvalue weighted by Gasteiger charge is -2.34. The van der Waals surface area contributed by atoms with Crippen molar-refractivity contribution in [3.8, 4) is 0 Å². The van der Waals surface area contributed by atoms with E-state index in [-0.39, 0.29) is 6.04 Å². The Balaban J connectivity index is 2.20. The van der Waals surface area contributed by atoms with E-state index < -0.39 is 11.7 Å². The van der Waals surface area contributed by atoms with Gasteiger partial charge in [0.25, 0.3) is 0 Å². The van der Waals surface area contributed by atoms with Gasteiger partial charge in [-0.05, 0) is 49.3 Å². The molecule has 1 aromatic carbocycles. The second-order valence-corrected chi connectivity index (χ2v) is 6.17. The van der Waals surface area contributed by atoms with Gasteiger partial charge in [0, 0.05) is 11.7 Å². The third kappa shape index (κ3) is 3.47. The lowest BCUT2D eigenvalue weighted by atomic mass is 9.80. The molecule has 2 rings (SSSR count). The summed E-state index contributed by atoms with van der Waals surface area (Å²) in [6, 6.07) is 4.19. The zero-order valence-corrected chi connectivity index (χ0v) is 12.2. The first-order valence-corrected chi connectivity index (χ1v) is 7.21. The monoisotopic (exact) mass is 285 g/mol. The van der Waals surface area contributed by atoms with E-state index in [4.69, 9.17) is 0 Å². The molecule has 0 amide bonds. The molecule has 4 heteroatoms. The van der Waals surface area contributed by atoms with Crippen molar-refractivity contribution in [2.45, 2.75) is 52.3 Å². The smallest absolute Gasteiger partial charge is 0.382 e. The summed E-state index contributed by atoms with van der Waals surface area (Å²) >= 11 is 0. The number of aryl methyl sites for hydroxylation is 1. The van der Waals surface area contributed by atoms with Crippen LogP contribution in [0.4, 0.5) is 18.9 Å². The summed E-state index contributed by atoms with van der Waals surface area (Å²) in [5, 5.41) is 3.34. The third-order valence-electron chi connectivity index (χ3n) is 4.36. The van der Waals surface area contributed by atoms with E-state index in [9.17, 15) is 13.2 Å². The molecule has 1 nitrogen and oxygen atoms in total. The molecule has 0 saturated heterocycles. The van der Waals surface area contributed by atoms with Crippen LogP contribution in [0.1, 0.15) is 44.2 Å². The number of rotatable bonds is 2. The van der Waals surface area contributed by atoms with E-state index in [1.54, 1.807) is 6.07 Å². The van der Waals surface area contributed by atoms with Crippen LogP contribution in [0.5, 0.6) is 0 Å². The maximum Gasteiger partial charge on any atom is 0.416 e. The first kappa shape index (κ1) is 15.2. The highest BCUT2D eigenvalue weighted by molar-refractivity contribution is 5.54. The summed E-state index contributed by atoms with van der Waals surface area (Å²) in [6.45, 7) is 6.23. The number of benzene rings is 1. The Morgan fingerprint density at radius 1 is 1.15 bits per heavy atom. The van der Waals surface area contributed by atoms with Gasteiger partial charge in [-0.1, -0.05) is 26.3 Å². The molecule has 3 unspecified atom stereocenters. The van der Waals surface area contributed by atoms with E-state index in [1.165, 1.54) is 12.5 Å². The highest BCUT2D eigenvalue weighted by Crippen LogP contribution is 2.35. The Morgan fingerprint density at radius 2 is 1.85 bits per heavy atom. The minimum atomic E-state index is -4.28. The zero-order valence-electron chi connectivity index (χ0n) is 12.2. The van der Waals surface area contributed by atoms with Crippen LogP contribution in [0, 0.1) is 18.8 Å². The maximum absolute atomic E-state index is 12.8. The van der Waals surface area contributed by atoms with Gasteiger partial charge in [0.15, 0.2) is 0 Å². The molecule has 0 aliphatic heterocycles. The molecule has 1 N–H and O–H groups in total. The molecule has 1 aromatic rings. The minimum Gasteiger partial charge on any atom is -0.382 e. The molecule has 3 atom stereocenters. The minimum absolute atomic E-state index is 0.265. The molecular formula is C16H22F3N. The molecule has 0 spiro atoms. The molecule has 1 aliphatic carbocycles. The number of nitrogens with one attached hydrogen (secondary N) is 1. The van der Waals surface area contributed by atoms with Gasteiger partial charge in [0.05, 0.1) is 5.56 Å². The predicted octanol–water partition coefficient (Wildman–Crippen LogP) is 5.25. The fourth-order valence-corrected chi connectivity index (χ4v) is 2.89. The summed E-state index contributed by atoms with van der Waals surface area (Å²) in [4.78, 5) is 0. The summed E-state index contributed by atoms with van der Waals surface area (Å²) < 4.78 is 38.4. The van der Waals surface area contributed by atoms with Gasteiger partial charge in [-0.15, -0.1) is 0 Å². The van der Waals surface area contributed by atoms with Crippen molar-refractivity contribution in [3.63, 3.8) is 0 Å². The third-order valence-corrected chi connectivity index (χ3v) is 4.36. The number of alkyl halides is 3. The molecule has 0 heterocycles. The van der Waals surface area contributed by atoms with Crippen molar-refractivity contribution in [2.24, 2.45) is 11.8 Å². The Morgan fingerprint density at radius 3 is 2.50 bits per heavy atom. The van der Waals surface area contributed by atoms with Crippen molar-refractivity contribution < 1.29 is 13.2 Å². The van der Waals surface area contributed by atoms with Gasteiger partial charge in [-0.3, -0.25) is 0 Å². The summed E-state index contributed by atoms with van der Waals surface area (Å²) in [5.74, 6) is 1.13. The normalized spacial score (nSPS) is 27.4. The van der Waals surface area contributed by atoms with Crippen LogP contribution in [-0.4, -0.2) is 6.04 Å². The quantitative estimate of drug-likeness (QED) is 0.782. The van der Waals surface area contributed by atoms with Crippen molar-refractivity contribution in [3.05, 3.63) is 29.3 Å². The first-order valence-electron chi connectivity index (χ1n) is 7.21. The first-order chi connectivity index (χ1) is 9.27. The van der Waals surface area contributed by atoms with Crippen LogP contribution >= 0.6 is 0 Å². The Labute approximate surface area is 118 Å². The molecule has 1 aliphatic rings. The van der Waals surface area contributed by atoms with Crippen LogP contribution in [-0.2, 0) is 6.18 Å². The highest BCUT2D eigenvalue weighted by atomic mass is 19.4. The average molecular weight is 285 g/mol. The van der Waals surface area contributed by atoms with Gasteiger partial charge in [-0.2, -0.15) is 13.2 Å². The Hall–Kier alpha value is -1.19. The van der Waals surface area contributed by atoms with Crippen LogP contribution in [0.3, 0.4) is 0 Å². The largest absolute Gasteiger partial charge is 0.416 e. The number of hydrogen-bond donors (Lipinski definition) is 1. The summed E-state index contributed by atoms with van der Waals surface area (Å²) in [7, 11) is 0. The molecule has 0 radical (unpaired) electrons. The van der Waals surface area contributed by atoms with Gasteiger partial charge in [0.2, 0.25) is 0 Å². The van der Waals surface area contributed by atoms with E-state index in [0.29, 0.717) is 17.5 Å². The van der Waals surface area contributed by atoms with Crippen LogP contribution < -0.4 is 5.32 Å². The molecule has 112 valence electrons. The van der Waals surface area contributed by atoms with Crippen molar-refractivity contribution in [1.82, 2.24) is 0 Å². The van der Waals surface area contributed by atoms with Crippen LogP contribution in [0.25, 0.3) is 0 Å². The van der Waals surface area contributed by atoms with Gasteiger partial charge < -0.3 is 5.32 Å². The second kappa shape index (κ2) is 5.66. The predicted molar refractivity (Wildman–Crippen MR) is 75.8 cm³/mol. The zero-order chi connectivity index (χ0) is 14.9. The SMILES string of the molecule is Cc1ccc(C(F)(F)F)cc1NC1CC(C)CCC1C. The van der Waals surface area contributed by atoms with Crippen molar-refractivity contribution in [2.75, 3.05) is 5.32 Å². The van der Waals surface area contributed by atoms with Crippen LogP contribution in [0.2, 0.25) is 0 Å². The molecule has 20 heavy (non-hydrogen) atoms. The van der Waals surface area contributed by atoms with E-state index in [1.807, 2.05) is 6.92 Å². The topological polar surface area (TPSA) is 12.0 Å². The van der Waals surface area contributed by atoms with E-state index in [0.717, 1.165) is 24.5 Å². The average Bonchev–Trinajstić information content (AvgIpc) is 2.35. The highest BCUT2D eigenvalue weighted by Gasteiger charge is 2.31. The van der Waals surface area contributed by atoms with Gasteiger partial charge >= 0.3 is 6.18 Å². The molecule has 1 saturated carbocycles. The lowest BCUT2D eigenvalue weighted by Crippen LogP contribution is -2.33. The fraction of sp³-hybridized carbons (Fsp3) is 0.625. The second-order valence-electron chi connectivity index (χ2n) is 6.17. The van der Waals surface area contributed by atoms with E-state index in [2.05, 4.69) is 19.2 Å². The maximum atomic E-state index is 12.8. The van der Waals surface area contributed by atoms with Crippen molar-refractivity contribution in [1.29, 1.82) is 0 Å². The van der Waals surface area contributed by atoms with Gasteiger partial charge in [-0.25, -0.2) is 0 Å². The Kier molecular flexibility index (Phi) is 4.31. The molecular weight excluding hydrogens is 263 g/mol. The molecule has 0 bridgehead atoms.